The van der Waals surface area contributed by atoms with Gasteiger partial charge >= 0.3 is 5.97 Å². The summed E-state index contributed by atoms with van der Waals surface area (Å²) in [4.78, 5) is 16.6. The molecule has 0 bridgehead atoms. The lowest BCUT2D eigenvalue weighted by Gasteiger charge is -2.23. The quantitative estimate of drug-likeness (QED) is 0.756. The Hall–Kier alpha value is -2.14. The van der Waals surface area contributed by atoms with E-state index in [0.717, 1.165) is 16.8 Å². The standard InChI is InChI=1S/C19H26N2O3/c1-4-18(16(11-22)9-17-10-20-13-21(17)3)19(23)24-12-15-8-6-5-7-14(15)2/h5-8,10,13,16,18,22H,4,9,11-12H2,1-3H3/t16-,18-/m0/s1. The number of imidazole rings is 1. The fourth-order valence-electron chi connectivity index (χ4n) is 2.90. The van der Waals surface area contributed by atoms with Gasteiger partial charge in [-0.05, 0) is 30.9 Å². The molecule has 2 aromatic rings. The molecule has 1 N–H and O–H groups in total. The van der Waals surface area contributed by atoms with Crippen molar-refractivity contribution in [3.05, 3.63) is 53.6 Å². The van der Waals surface area contributed by atoms with Gasteiger partial charge in [0.15, 0.2) is 0 Å². The summed E-state index contributed by atoms with van der Waals surface area (Å²) in [5, 5.41) is 9.76. The van der Waals surface area contributed by atoms with Gasteiger partial charge in [0.05, 0.1) is 12.2 Å². The molecule has 5 heteroatoms. The van der Waals surface area contributed by atoms with Gasteiger partial charge in [0, 0.05) is 31.5 Å². The van der Waals surface area contributed by atoms with E-state index in [1.165, 1.54) is 0 Å². The molecule has 5 nitrogen and oxygen atoms in total. The van der Waals surface area contributed by atoms with E-state index >= 15 is 0 Å². The normalized spacial score (nSPS) is 13.5. The van der Waals surface area contributed by atoms with Crippen molar-refractivity contribution in [2.45, 2.75) is 33.3 Å². The van der Waals surface area contributed by atoms with E-state index in [1.54, 1.807) is 12.5 Å². The highest BCUT2D eigenvalue weighted by molar-refractivity contribution is 5.72. The first kappa shape index (κ1) is 18.2. The maximum atomic E-state index is 12.5. The summed E-state index contributed by atoms with van der Waals surface area (Å²) in [6, 6.07) is 7.86. The van der Waals surface area contributed by atoms with E-state index < -0.39 is 0 Å². The Morgan fingerprint density at radius 1 is 1.38 bits per heavy atom. The zero-order valence-electron chi connectivity index (χ0n) is 14.6. The lowest BCUT2D eigenvalue weighted by atomic mass is 9.87. The molecule has 0 spiro atoms. The van der Waals surface area contributed by atoms with E-state index in [4.69, 9.17) is 4.74 Å². The van der Waals surface area contributed by atoms with Crippen LogP contribution < -0.4 is 0 Å². The van der Waals surface area contributed by atoms with Gasteiger partial charge in [-0.15, -0.1) is 0 Å². The Labute approximate surface area is 143 Å². The van der Waals surface area contributed by atoms with Crippen LogP contribution in [0.25, 0.3) is 0 Å². The summed E-state index contributed by atoms with van der Waals surface area (Å²) in [5.41, 5.74) is 3.11. The molecule has 2 rings (SSSR count). The third-order valence-electron chi connectivity index (χ3n) is 4.57. The molecule has 2 atom stereocenters. The molecule has 0 amide bonds. The van der Waals surface area contributed by atoms with E-state index in [2.05, 4.69) is 4.98 Å². The number of hydrogen-bond acceptors (Lipinski definition) is 4. The minimum absolute atomic E-state index is 0.0524. The number of carbonyl (C=O) groups excluding carboxylic acids is 1. The molecule has 0 unspecified atom stereocenters. The van der Waals surface area contributed by atoms with Gasteiger partial charge in [-0.1, -0.05) is 31.2 Å². The van der Waals surface area contributed by atoms with Crippen molar-refractivity contribution in [1.29, 1.82) is 0 Å². The van der Waals surface area contributed by atoms with Crippen molar-refractivity contribution in [3.63, 3.8) is 0 Å². The van der Waals surface area contributed by atoms with Crippen LogP contribution in [0.3, 0.4) is 0 Å². The highest BCUT2D eigenvalue weighted by atomic mass is 16.5. The van der Waals surface area contributed by atoms with Crippen LogP contribution in [0.15, 0.2) is 36.8 Å². The maximum absolute atomic E-state index is 12.5. The van der Waals surface area contributed by atoms with Gasteiger partial charge in [0.25, 0.3) is 0 Å². The van der Waals surface area contributed by atoms with Crippen LogP contribution in [0.2, 0.25) is 0 Å². The highest BCUT2D eigenvalue weighted by Crippen LogP contribution is 2.22. The molecule has 0 radical (unpaired) electrons. The van der Waals surface area contributed by atoms with Crippen LogP contribution in [-0.2, 0) is 29.6 Å². The number of aliphatic hydroxyl groups is 1. The lowest BCUT2D eigenvalue weighted by Crippen LogP contribution is -2.29. The van der Waals surface area contributed by atoms with Crippen LogP contribution >= 0.6 is 0 Å². The average molecular weight is 330 g/mol. The van der Waals surface area contributed by atoms with Gasteiger partial charge < -0.3 is 14.4 Å². The monoisotopic (exact) mass is 330 g/mol. The first-order chi connectivity index (χ1) is 11.6. The van der Waals surface area contributed by atoms with Crippen LogP contribution in [0.5, 0.6) is 0 Å². The number of aromatic nitrogens is 2. The Kier molecular flexibility index (Phi) is 6.55. The Morgan fingerprint density at radius 2 is 2.12 bits per heavy atom. The molecule has 1 aromatic heterocycles. The van der Waals surface area contributed by atoms with Crippen molar-refractivity contribution in [2.24, 2.45) is 18.9 Å². The maximum Gasteiger partial charge on any atom is 0.309 e. The minimum atomic E-state index is -0.325. The largest absolute Gasteiger partial charge is 0.461 e. The molecule has 130 valence electrons. The lowest BCUT2D eigenvalue weighted by molar-refractivity contribution is -0.152. The van der Waals surface area contributed by atoms with Gasteiger partial charge in [-0.25, -0.2) is 4.98 Å². The summed E-state index contributed by atoms with van der Waals surface area (Å²) < 4.78 is 7.43. The fraction of sp³-hybridized carbons (Fsp3) is 0.474. The van der Waals surface area contributed by atoms with Crippen LogP contribution in [0, 0.1) is 18.8 Å². The number of benzene rings is 1. The van der Waals surface area contributed by atoms with Crippen molar-refractivity contribution in [3.8, 4) is 0 Å². The minimum Gasteiger partial charge on any atom is -0.461 e. The topological polar surface area (TPSA) is 64.3 Å². The molecule has 0 saturated heterocycles. The number of esters is 1. The first-order valence-corrected chi connectivity index (χ1v) is 8.34. The highest BCUT2D eigenvalue weighted by Gasteiger charge is 2.28. The third kappa shape index (κ3) is 4.45. The molecule has 0 aliphatic rings. The molecule has 0 aliphatic carbocycles. The summed E-state index contributed by atoms with van der Waals surface area (Å²) in [6.45, 7) is 4.17. The van der Waals surface area contributed by atoms with E-state index in [1.807, 2.05) is 49.7 Å². The molecule has 0 fully saturated rings. The van der Waals surface area contributed by atoms with Crippen LogP contribution in [0.1, 0.15) is 30.2 Å². The zero-order valence-corrected chi connectivity index (χ0v) is 14.6. The van der Waals surface area contributed by atoms with Crippen molar-refractivity contribution in [1.82, 2.24) is 9.55 Å². The van der Waals surface area contributed by atoms with Crippen LogP contribution in [-0.4, -0.2) is 27.2 Å². The number of carbonyl (C=O) groups is 1. The molecular weight excluding hydrogens is 304 g/mol. The number of hydrogen-bond donors (Lipinski definition) is 1. The summed E-state index contributed by atoms with van der Waals surface area (Å²) in [6.07, 6.45) is 4.73. The van der Waals surface area contributed by atoms with Gasteiger partial charge in [-0.3, -0.25) is 4.79 Å². The smallest absolute Gasteiger partial charge is 0.309 e. The number of ether oxygens (including phenoxy) is 1. The molecular formula is C19H26N2O3. The van der Waals surface area contributed by atoms with Crippen molar-refractivity contribution >= 4 is 5.97 Å². The van der Waals surface area contributed by atoms with Gasteiger partial charge in [-0.2, -0.15) is 0 Å². The van der Waals surface area contributed by atoms with Gasteiger partial charge in [0.2, 0.25) is 0 Å². The molecule has 1 aromatic carbocycles. The summed E-state index contributed by atoms with van der Waals surface area (Å²) >= 11 is 0. The van der Waals surface area contributed by atoms with E-state index in [9.17, 15) is 9.90 Å². The average Bonchev–Trinajstić information content (AvgIpc) is 2.98. The van der Waals surface area contributed by atoms with Crippen molar-refractivity contribution < 1.29 is 14.6 Å². The Bertz CT molecular complexity index is 666. The summed E-state index contributed by atoms with van der Waals surface area (Å²) in [5.74, 6) is -0.745. The summed E-state index contributed by atoms with van der Waals surface area (Å²) in [7, 11) is 1.91. The third-order valence-corrected chi connectivity index (χ3v) is 4.57. The molecule has 0 aliphatic heterocycles. The zero-order chi connectivity index (χ0) is 17.5. The second kappa shape index (κ2) is 8.64. The van der Waals surface area contributed by atoms with Gasteiger partial charge in [0.1, 0.15) is 6.61 Å². The molecule has 24 heavy (non-hydrogen) atoms. The molecule has 0 saturated carbocycles. The molecule has 1 heterocycles. The van der Waals surface area contributed by atoms with Crippen molar-refractivity contribution in [2.75, 3.05) is 6.61 Å². The fourth-order valence-corrected chi connectivity index (χ4v) is 2.90. The second-order valence-electron chi connectivity index (χ2n) is 6.19. The number of rotatable bonds is 8. The number of aliphatic hydroxyl groups excluding tert-OH is 1. The predicted octanol–water partition coefficient (Wildman–Crippen LogP) is 2.65. The predicted molar refractivity (Wildman–Crippen MR) is 92.2 cm³/mol. The van der Waals surface area contributed by atoms with E-state index in [0.29, 0.717) is 12.8 Å². The van der Waals surface area contributed by atoms with E-state index in [-0.39, 0.29) is 31.0 Å². The second-order valence-corrected chi connectivity index (χ2v) is 6.19. The number of aryl methyl sites for hydroxylation is 2. The number of nitrogens with zero attached hydrogens (tertiary/aromatic N) is 2. The van der Waals surface area contributed by atoms with Crippen LogP contribution in [0.4, 0.5) is 0 Å². The Morgan fingerprint density at radius 3 is 2.71 bits per heavy atom. The SMILES string of the molecule is CC[C@H](C(=O)OCc1ccccc1C)[C@H](CO)Cc1cncn1C. The first-order valence-electron chi connectivity index (χ1n) is 8.34. The Balaban J connectivity index is 2.01.